The van der Waals surface area contributed by atoms with Crippen molar-refractivity contribution in [2.45, 2.75) is 116 Å². The molecule has 0 spiro atoms. The number of unbranched alkanes of at least 4 members (excludes halogenated alkanes) is 10. The molecule has 0 radical (unpaired) electrons. The number of aliphatic hydroxyl groups excluding tert-OH is 2. The van der Waals surface area contributed by atoms with Crippen LogP contribution in [0.25, 0.3) is 0 Å². The van der Waals surface area contributed by atoms with Crippen LogP contribution in [0, 0.1) is 0 Å². The molecule has 0 bridgehead atoms. The average molecular weight is 287 g/mol. The minimum absolute atomic E-state index is 0.503. The lowest BCUT2D eigenvalue weighted by Crippen LogP contribution is -2.25. The Bertz CT molecular complexity index is 182. The summed E-state index contributed by atoms with van der Waals surface area (Å²) in [6.07, 6.45) is 15.4. The summed E-state index contributed by atoms with van der Waals surface area (Å²) in [5.74, 6) is 0. The van der Waals surface area contributed by atoms with E-state index >= 15 is 0 Å². The van der Waals surface area contributed by atoms with Gasteiger partial charge in [-0.05, 0) is 12.8 Å². The first-order valence-electron chi connectivity index (χ1n) is 9.08. The molecular weight excluding hydrogens is 248 g/mol. The fraction of sp³-hybridized carbons (Fsp3) is 1.00. The Morgan fingerprint density at radius 3 is 1.15 bits per heavy atom. The highest BCUT2D eigenvalue weighted by Gasteiger charge is 2.14. The molecule has 0 saturated heterocycles. The van der Waals surface area contributed by atoms with E-state index in [0.29, 0.717) is 0 Å². The van der Waals surface area contributed by atoms with Crippen molar-refractivity contribution < 1.29 is 10.2 Å². The van der Waals surface area contributed by atoms with Gasteiger partial charge in [-0.2, -0.15) is 0 Å². The molecule has 0 amide bonds. The lowest BCUT2D eigenvalue weighted by Gasteiger charge is -2.17. The Labute approximate surface area is 127 Å². The maximum Gasteiger partial charge on any atom is 0.0799 e. The number of hydrogen-bond acceptors (Lipinski definition) is 2. The standard InChI is InChI=1S/C18H38O2/c1-3-5-7-9-10-12-14-16-18(20)17(19)15-13-11-8-6-4-2/h17-20H,3-16H2,1-2H3. The topological polar surface area (TPSA) is 40.5 Å². The summed E-state index contributed by atoms with van der Waals surface area (Å²) in [7, 11) is 0. The monoisotopic (exact) mass is 286 g/mol. The molecule has 0 heterocycles. The number of rotatable bonds is 15. The van der Waals surface area contributed by atoms with Gasteiger partial charge in [0.25, 0.3) is 0 Å². The largest absolute Gasteiger partial charge is 0.390 e. The van der Waals surface area contributed by atoms with Crippen LogP contribution in [0.2, 0.25) is 0 Å². The van der Waals surface area contributed by atoms with Gasteiger partial charge in [-0.25, -0.2) is 0 Å². The molecule has 2 heteroatoms. The number of aliphatic hydroxyl groups is 2. The highest BCUT2D eigenvalue weighted by atomic mass is 16.3. The molecule has 2 unspecified atom stereocenters. The molecule has 0 aliphatic rings. The van der Waals surface area contributed by atoms with Crippen LogP contribution in [0.15, 0.2) is 0 Å². The zero-order valence-electron chi connectivity index (χ0n) is 13.9. The van der Waals surface area contributed by atoms with Crippen LogP contribution in [0.1, 0.15) is 104 Å². The minimum Gasteiger partial charge on any atom is -0.390 e. The van der Waals surface area contributed by atoms with Crippen LogP contribution < -0.4 is 0 Å². The van der Waals surface area contributed by atoms with E-state index in [4.69, 9.17) is 0 Å². The van der Waals surface area contributed by atoms with Gasteiger partial charge < -0.3 is 10.2 Å². The van der Waals surface area contributed by atoms with E-state index in [1.807, 2.05) is 0 Å². The summed E-state index contributed by atoms with van der Waals surface area (Å²) < 4.78 is 0. The third-order valence-electron chi connectivity index (χ3n) is 4.15. The van der Waals surface area contributed by atoms with Crippen molar-refractivity contribution in [2.75, 3.05) is 0 Å². The van der Waals surface area contributed by atoms with Crippen LogP contribution in [0.4, 0.5) is 0 Å². The molecule has 0 fully saturated rings. The van der Waals surface area contributed by atoms with Gasteiger partial charge in [-0.15, -0.1) is 0 Å². The Morgan fingerprint density at radius 1 is 0.500 bits per heavy atom. The van der Waals surface area contributed by atoms with Gasteiger partial charge in [0.2, 0.25) is 0 Å². The van der Waals surface area contributed by atoms with Crippen molar-refractivity contribution in [1.29, 1.82) is 0 Å². The second-order valence-corrected chi connectivity index (χ2v) is 6.25. The molecule has 0 aromatic heterocycles. The smallest absolute Gasteiger partial charge is 0.0799 e. The molecule has 0 rings (SSSR count). The molecule has 0 aromatic rings. The summed E-state index contributed by atoms with van der Waals surface area (Å²) >= 11 is 0. The SMILES string of the molecule is CCCCCCCCCC(O)C(O)CCCCCCC. The zero-order valence-corrected chi connectivity index (χ0v) is 13.9. The first-order valence-corrected chi connectivity index (χ1v) is 9.08. The minimum atomic E-state index is -0.503. The fourth-order valence-corrected chi connectivity index (χ4v) is 2.65. The van der Waals surface area contributed by atoms with E-state index in [9.17, 15) is 10.2 Å². The van der Waals surface area contributed by atoms with Crippen LogP contribution in [-0.2, 0) is 0 Å². The lowest BCUT2D eigenvalue weighted by atomic mass is 10.00. The first-order chi connectivity index (χ1) is 9.72. The highest BCUT2D eigenvalue weighted by Crippen LogP contribution is 2.14. The zero-order chi connectivity index (χ0) is 15.1. The van der Waals surface area contributed by atoms with Crippen molar-refractivity contribution in [2.24, 2.45) is 0 Å². The van der Waals surface area contributed by atoms with E-state index in [1.54, 1.807) is 0 Å². The fourth-order valence-electron chi connectivity index (χ4n) is 2.65. The average Bonchev–Trinajstić information content (AvgIpc) is 2.45. The molecule has 2 nitrogen and oxygen atoms in total. The summed E-state index contributed by atoms with van der Waals surface area (Å²) in [5, 5.41) is 19.8. The molecule has 0 aliphatic heterocycles. The van der Waals surface area contributed by atoms with Crippen molar-refractivity contribution in [3.8, 4) is 0 Å². The van der Waals surface area contributed by atoms with Gasteiger partial charge in [-0.1, -0.05) is 90.9 Å². The lowest BCUT2D eigenvalue weighted by molar-refractivity contribution is 0.00712. The quantitative estimate of drug-likeness (QED) is 0.406. The third kappa shape index (κ3) is 12.9. The summed E-state index contributed by atoms with van der Waals surface area (Å²) in [6, 6.07) is 0. The highest BCUT2D eigenvalue weighted by molar-refractivity contribution is 4.67. The van der Waals surface area contributed by atoms with Crippen molar-refractivity contribution in [3.63, 3.8) is 0 Å². The van der Waals surface area contributed by atoms with Gasteiger partial charge in [0.15, 0.2) is 0 Å². The van der Waals surface area contributed by atoms with Gasteiger partial charge in [-0.3, -0.25) is 0 Å². The molecule has 20 heavy (non-hydrogen) atoms. The van der Waals surface area contributed by atoms with Gasteiger partial charge in [0.05, 0.1) is 12.2 Å². The second-order valence-electron chi connectivity index (χ2n) is 6.25. The normalized spacial score (nSPS) is 14.4. The molecule has 122 valence electrons. The second kappa shape index (κ2) is 15.3. The maximum absolute atomic E-state index is 9.91. The molecule has 2 atom stereocenters. The Kier molecular flexibility index (Phi) is 15.3. The molecule has 0 aromatic carbocycles. The Hall–Kier alpha value is -0.0800. The van der Waals surface area contributed by atoms with E-state index in [-0.39, 0.29) is 0 Å². The van der Waals surface area contributed by atoms with E-state index < -0.39 is 12.2 Å². The molecule has 0 aliphatic carbocycles. The third-order valence-corrected chi connectivity index (χ3v) is 4.15. The predicted molar refractivity (Wildman–Crippen MR) is 88.0 cm³/mol. The molecule has 2 N–H and O–H groups in total. The van der Waals surface area contributed by atoms with Crippen LogP contribution in [-0.4, -0.2) is 22.4 Å². The number of hydrogen-bond donors (Lipinski definition) is 2. The maximum atomic E-state index is 9.91. The Morgan fingerprint density at radius 2 is 0.800 bits per heavy atom. The van der Waals surface area contributed by atoms with Crippen molar-refractivity contribution >= 4 is 0 Å². The summed E-state index contributed by atoms with van der Waals surface area (Å²) in [6.45, 7) is 4.45. The van der Waals surface area contributed by atoms with Gasteiger partial charge in [0.1, 0.15) is 0 Å². The van der Waals surface area contributed by atoms with Crippen molar-refractivity contribution in [1.82, 2.24) is 0 Å². The van der Waals surface area contributed by atoms with Crippen LogP contribution >= 0.6 is 0 Å². The van der Waals surface area contributed by atoms with E-state index in [2.05, 4.69) is 13.8 Å². The molecular formula is C18H38O2. The van der Waals surface area contributed by atoms with Crippen molar-refractivity contribution in [3.05, 3.63) is 0 Å². The predicted octanol–water partition coefficient (Wildman–Crippen LogP) is 5.21. The first kappa shape index (κ1) is 19.9. The summed E-state index contributed by atoms with van der Waals surface area (Å²) in [5.41, 5.74) is 0. The van der Waals surface area contributed by atoms with Gasteiger partial charge >= 0.3 is 0 Å². The van der Waals surface area contributed by atoms with E-state index in [1.165, 1.54) is 64.2 Å². The molecule has 0 saturated carbocycles. The van der Waals surface area contributed by atoms with Gasteiger partial charge in [0, 0.05) is 0 Å². The van der Waals surface area contributed by atoms with Crippen LogP contribution in [0.5, 0.6) is 0 Å². The van der Waals surface area contributed by atoms with E-state index in [0.717, 1.165) is 25.7 Å². The summed E-state index contributed by atoms with van der Waals surface area (Å²) in [4.78, 5) is 0. The van der Waals surface area contributed by atoms with Crippen LogP contribution in [0.3, 0.4) is 0 Å². The Balaban J connectivity index is 3.34.